The van der Waals surface area contributed by atoms with Crippen molar-refractivity contribution < 1.29 is 9.53 Å². The predicted molar refractivity (Wildman–Crippen MR) is 61.3 cm³/mol. The average molecular weight is 208 g/mol. The lowest BCUT2D eigenvalue weighted by Gasteiger charge is -2.02. The van der Waals surface area contributed by atoms with Gasteiger partial charge in [-0.25, -0.2) is 0 Å². The Labute approximate surface area is 92.0 Å². The molecular formula is C13H20O2. The van der Waals surface area contributed by atoms with Crippen LogP contribution in [0, 0.1) is 17.3 Å². The summed E-state index contributed by atoms with van der Waals surface area (Å²) in [6.45, 7) is 12.2. The van der Waals surface area contributed by atoms with Crippen LogP contribution in [0.5, 0.6) is 0 Å². The van der Waals surface area contributed by atoms with E-state index >= 15 is 0 Å². The first kappa shape index (κ1) is 12.0. The smallest absolute Gasteiger partial charge is 0.310 e. The van der Waals surface area contributed by atoms with E-state index < -0.39 is 0 Å². The molecule has 0 bridgehead atoms. The molecule has 0 amide bonds. The van der Waals surface area contributed by atoms with Crippen molar-refractivity contribution in [2.45, 2.75) is 27.7 Å². The highest BCUT2D eigenvalue weighted by Gasteiger charge is 2.61. The number of hydrogen-bond donors (Lipinski definition) is 0. The molecule has 0 unspecified atom stereocenters. The second-order valence-corrected chi connectivity index (χ2v) is 4.99. The monoisotopic (exact) mass is 208 g/mol. The summed E-state index contributed by atoms with van der Waals surface area (Å²) in [5.74, 6) is 0.259. The molecule has 0 N–H and O–H groups in total. The van der Waals surface area contributed by atoms with E-state index in [0.717, 1.165) is 0 Å². The Morgan fingerprint density at radius 1 is 1.47 bits per heavy atom. The molecule has 0 aliphatic heterocycles. The van der Waals surface area contributed by atoms with E-state index in [1.807, 2.05) is 0 Å². The number of carbonyl (C=O) groups is 1. The fourth-order valence-electron chi connectivity index (χ4n) is 2.03. The summed E-state index contributed by atoms with van der Waals surface area (Å²) in [4.78, 5) is 11.7. The molecule has 2 atom stereocenters. The Bertz CT molecular complexity index is 296. The molecule has 0 saturated heterocycles. The van der Waals surface area contributed by atoms with Crippen LogP contribution < -0.4 is 0 Å². The van der Waals surface area contributed by atoms with Gasteiger partial charge in [0.25, 0.3) is 0 Å². The lowest BCUT2D eigenvalue weighted by atomic mass is 10.1. The van der Waals surface area contributed by atoms with Crippen molar-refractivity contribution in [2.24, 2.45) is 17.3 Å². The summed E-state index contributed by atoms with van der Waals surface area (Å²) in [6, 6.07) is 0. The Kier molecular flexibility index (Phi) is 3.38. The maximum absolute atomic E-state index is 11.7. The highest BCUT2D eigenvalue weighted by atomic mass is 16.5. The number of hydrogen-bond acceptors (Lipinski definition) is 2. The van der Waals surface area contributed by atoms with Gasteiger partial charge < -0.3 is 4.74 Å². The van der Waals surface area contributed by atoms with Gasteiger partial charge in [0.15, 0.2) is 0 Å². The molecule has 15 heavy (non-hydrogen) atoms. The molecule has 1 aliphatic carbocycles. The number of esters is 1. The van der Waals surface area contributed by atoms with E-state index in [1.165, 1.54) is 5.57 Å². The minimum atomic E-state index is -0.0950. The fourth-order valence-corrected chi connectivity index (χ4v) is 2.03. The summed E-state index contributed by atoms with van der Waals surface area (Å²) >= 11 is 0. The SMILES string of the molecule is C=CCOC(=O)[C@@H]1[C@@H](C=C(C)C)C1(C)C. The lowest BCUT2D eigenvalue weighted by Crippen LogP contribution is -2.10. The third kappa shape index (κ3) is 2.49. The number of allylic oxidation sites excluding steroid dienone is 2. The van der Waals surface area contributed by atoms with E-state index in [0.29, 0.717) is 12.5 Å². The van der Waals surface area contributed by atoms with Crippen LogP contribution in [-0.4, -0.2) is 12.6 Å². The highest BCUT2D eigenvalue weighted by molar-refractivity contribution is 5.78. The predicted octanol–water partition coefficient (Wildman–Crippen LogP) is 2.95. The van der Waals surface area contributed by atoms with Crippen LogP contribution in [0.2, 0.25) is 0 Å². The summed E-state index contributed by atoms with van der Waals surface area (Å²) in [7, 11) is 0. The summed E-state index contributed by atoms with van der Waals surface area (Å²) < 4.78 is 5.08. The largest absolute Gasteiger partial charge is 0.461 e. The van der Waals surface area contributed by atoms with Crippen LogP contribution in [0.1, 0.15) is 27.7 Å². The van der Waals surface area contributed by atoms with Crippen molar-refractivity contribution >= 4 is 5.97 Å². The van der Waals surface area contributed by atoms with Gasteiger partial charge in [0, 0.05) is 0 Å². The van der Waals surface area contributed by atoms with Gasteiger partial charge in [0.2, 0.25) is 0 Å². The lowest BCUT2D eigenvalue weighted by molar-refractivity contribution is -0.144. The van der Waals surface area contributed by atoms with Crippen LogP contribution in [0.3, 0.4) is 0 Å². The second kappa shape index (κ2) is 4.21. The van der Waals surface area contributed by atoms with Crippen molar-refractivity contribution in [3.8, 4) is 0 Å². The highest BCUT2D eigenvalue weighted by Crippen LogP contribution is 2.59. The molecule has 1 rings (SSSR count). The van der Waals surface area contributed by atoms with Gasteiger partial charge in [-0.3, -0.25) is 4.79 Å². The van der Waals surface area contributed by atoms with Gasteiger partial charge in [-0.05, 0) is 25.2 Å². The first-order valence-corrected chi connectivity index (χ1v) is 5.33. The second-order valence-electron chi connectivity index (χ2n) is 4.99. The molecule has 1 aliphatic rings. The van der Waals surface area contributed by atoms with E-state index in [1.54, 1.807) is 6.08 Å². The topological polar surface area (TPSA) is 26.3 Å². The van der Waals surface area contributed by atoms with Gasteiger partial charge >= 0.3 is 5.97 Å². The fraction of sp³-hybridized carbons (Fsp3) is 0.615. The van der Waals surface area contributed by atoms with Gasteiger partial charge in [0.1, 0.15) is 6.61 Å². The minimum Gasteiger partial charge on any atom is -0.461 e. The first-order chi connectivity index (χ1) is 6.91. The molecule has 0 aromatic heterocycles. The van der Waals surface area contributed by atoms with Crippen LogP contribution in [-0.2, 0) is 9.53 Å². The van der Waals surface area contributed by atoms with Crippen molar-refractivity contribution in [1.82, 2.24) is 0 Å². The van der Waals surface area contributed by atoms with Crippen LogP contribution in [0.25, 0.3) is 0 Å². The van der Waals surface area contributed by atoms with Gasteiger partial charge in [-0.1, -0.05) is 38.2 Å². The van der Waals surface area contributed by atoms with E-state index in [9.17, 15) is 4.79 Å². The summed E-state index contributed by atoms with van der Waals surface area (Å²) in [5, 5.41) is 0. The molecule has 0 heterocycles. The Morgan fingerprint density at radius 2 is 2.07 bits per heavy atom. The summed E-state index contributed by atoms with van der Waals surface area (Å²) in [6.07, 6.45) is 3.77. The molecule has 1 saturated carbocycles. The molecule has 2 heteroatoms. The van der Waals surface area contributed by atoms with Crippen molar-refractivity contribution in [1.29, 1.82) is 0 Å². The minimum absolute atomic E-state index is 0.0207. The first-order valence-electron chi connectivity index (χ1n) is 5.33. The maximum Gasteiger partial charge on any atom is 0.310 e. The quantitative estimate of drug-likeness (QED) is 0.524. The van der Waals surface area contributed by atoms with Crippen molar-refractivity contribution in [2.75, 3.05) is 6.61 Å². The summed E-state index contributed by atoms with van der Waals surface area (Å²) in [5.41, 5.74) is 1.31. The number of carbonyl (C=O) groups excluding carboxylic acids is 1. The number of ether oxygens (including phenoxy) is 1. The van der Waals surface area contributed by atoms with Crippen LogP contribution in [0.15, 0.2) is 24.3 Å². The van der Waals surface area contributed by atoms with E-state index in [4.69, 9.17) is 4.74 Å². The molecule has 2 nitrogen and oxygen atoms in total. The Balaban J connectivity index is 2.61. The van der Waals surface area contributed by atoms with Crippen LogP contribution in [0.4, 0.5) is 0 Å². The molecule has 1 fully saturated rings. The van der Waals surface area contributed by atoms with Crippen LogP contribution >= 0.6 is 0 Å². The molecule has 84 valence electrons. The molecular weight excluding hydrogens is 188 g/mol. The molecule has 0 aromatic carbocycles. The third-order valence-electron chi connectivity index (χ3n) is 3.02. The maximum atomic E-state index is 11.7. The van der Waals surface area contributed by atoms with Gasteiger partial charge in [-0.2, -0.15) is 0 Å². The standard InChI is InChI=1S/C13H20O2/c1-6-7-15-12(14)11-10(8-9(2)3)13(11,4)5/h6,8,10-11H,1,7H2,2-5H3/t10-,11+/m1/s1. The molecule has 0 radical (unpaired) electrons. The molecule has 0 aromatic rings. The zero-order chi connectivity index (χ0) is 11.6. The van der Waals surface area contributed by atoms with Gasteiger partial charge in [0.05, 0.1) is 5.92 Å². The number of rotatable bonds is 4. The third-order valence-corrected chi connectivity index (χ3v) is 3.02. The Hall–Kier alpha value is -1.05. The molecule has 0 spiro atoms. The van der Waals surface area contributed by atoms with E-state index in [-0.39, 0.29) is 17.3 Å². The van der Waals surface area contributed by atoms with Gasteiger partial charge in [-0.15, -0.1) is 0 Å². The normalized spacial score (nSPS) is 26.7. The van der Waals surface area contributed by atoms with Crippen molar-refractivity contribution in [3.63, 3.8) is 0 Å². The zero-order valence-corrected chi connectivity index (χ0v) is 10.0. The zero-order valence-electron chi connectivity index (χ0n) is 10.0. The van der Waals surface area contributed by atoms with Crippen molar-refractivity contribution in [3.05, 3.63) is 24.3 Å². The van der Waals surface area contributed by atoms with E-state index in [2.05, 4.69) is 40.3 Å². The Morgan fingerprint density at radius 3 is 2.53 bits per heavy atom. The average Bonchev–Trinajstić information content (AvgIpc) is 2.63.